The molecule has 1 unspecified atom stereocenters. The van der Waals surface area contributed by atoms with Gasteiger partial charge in [0, 0.05) is 6.54 Å². The van der Waals surface area contributed by atoms with Gasteiger partial charge >= 0.3 is 12.2 Å². The average Bonchev–Trinajstić information content (AvgIpc) is 2.64. The lowest BCUT2D eigenvalue weighted by Gasteiger charge is -2.23. The second kappa shape index (κ2) is 4.99. The smallest absolute Gasteiger partial charge is 0.385 e. The number of rotatable bonds is 3. The molecule has 106 valence electrons. The highest BCUT2D eigenvalue weighted by Crippen LogP contribution is 2.32. The molecule has 0 saturated heterocycles. The van der Waals surface area contributed by atoms with Crippen LogP contribution >= 0.6 is 0 Å². The van der Waals surface area contributed by atoms with Gasteiger partial charge in [0.2, 0.25) is 0 Å². The molecule has 0 bridgehead atoms. The molecule has 0 aliphatic carbocycles. The Labute approximate surface area is 113 Å². The van der Waals surface area contributed by atoms with Crippen LogP contribution in [0.25, 0.3) is 0 Å². The van der Waals surface area contributed by atoms with Crippen LogP contribution < -0.4 is 5.73 Å². The van der Waals surface area contributed by atoms with Crippen LogP contribution in [0, 0.1) is 0 Å². The molecule has 0 saturated carbocycles. The molecule has 1 heterocycles. The monoisotopic (exact) mass is 283 g/mol. The van der Waals surface area contributed by atoms with Gasteiger partial charge in [-0.2, -0.15) is 18.2 Å². The maximum absolute atomic E-state index is 12.5. The summed E-state index contributed by atoms with van der Waals surface area (Å²) >= 11 is 0. The number of benzene rings is 1. The zero-order valence-electron chi connectivity index (χ0n) is 10.4. The fraction of sp³-hybridized carbons (Fsp3) is 0.231. The third-order valence-corrected chi connectivity index (χ3v) is 2.94. The zero-order chi connectivity index (χ0) is 14.9. The lowest BCUT2D eigenvalue weighted by atomic mass is 10.0. The van der Waals surface area contributed by atoms with Crippen molar-refractivity contribution in [3.63, 3.8) is 0 Å². The topological polar surface area (TPSA) is 58.7 Å². The maximum atomic E-state index is 12.5. The first kappa shape index (κ1) is 14.1. The standard InChI is InChI=1S/C13H12F3N3O/c1-2-7-19-10(11(17)18-12(19)20)8-3-5-9(6-4-8)13(14,15)16/h2-6,10H,1,7H2,(H2,17,18,20). The number of alkyl halides is 3. The number of carbonyl (C=O) groups excluding carboxylic acids is 1. The molecule has 4 nitrogen and oxygen atoms in total. The fourth-order valence-corrected chi connectivity index (χ4v) is 2.03. The number of amides is 2. The van der Waals surface area contributed by atoms with Crippen molar-refractivity contribution in [2.75, 3.05) is 6.54 Å². The van der Waals surface area contributed by atoms with Gasteiger partial charge < -0.3 is 10.6 Å². The van der Waals surface area contributed by atoms with Crippen molar-refractivity contribution >= 4 is 11.9 Å². The number of hydrogen-bond donors (Lipinski definition) is 1. The fourth-order valence-electron chi connectivity index (χ4n) is 2.03. The van der Waals surface area contributed by atoms with Crippen LogP contribution in [-0.2, 0) is 6.18 Å². The molecule has 0 spiro atoms. The summed E-state index contributed by atoms with van der Waals surface area (Å²) in [5.41, 5.74) is 5.40. The van der Waals surface area contributed by atoms with Gasteiger partial charge in [-0.05, 0) is 17.7 Å². The molecule has 1 aromatic carbocycles. The molecule has 1 aliphatic rings. The minimum Gasteiger partial charge on any atom is -0.385 e. The Morgan fingerprint density at radius 2 is 1.95 bits per heavy atom. The van der Waals surface area contributed by atoms with Crippen molar-refractivity contribution in [2.45, 2.75) is 12.2 Å². The summed E-state index contributed by atoms with van der Waals surface area (Å²) in [7, 11) is 0. The van der Waals surface area contributed by atoms with E-state index in [0.717, 1.165) is 12.1 Å². The largest absolute Gasteiger partial charge is 0.416 e. The molecule has 1 atom stereocenters. The van der Waals surface area contributed by atoms with E-state index in [1.54, 1.807) is 0 Å². The Kier molecular flexibility index (Phi) is 3.52. The first-order valence-corrected chi connectivity index (χ1v) is 5.77. The Balaban J connectivity index is 2.32. The van der Waals surface area contributed by atoms with Gasteiger partial charge in [0.25, 0.3) is 0 Å². The molecule has 0 fully saturated rings. The van der Waals surface area contributed by atoms with E-state index in [9.17, 15) is 18.0 Å². The second-order valence-corrected chi connectivity index (χ2v) is 4.28. The molecule has 2 N–H and O–H groups in total. The number of hydrogen-bond acceptors (Lipinski definition) is 2. The van der Waals surface area contributed by atoms with Crippen molar-refractivity contribution in [3.8, 4) is 0 Å². The zero-order valence-corrected chi connectivity index (χ0v) is 10.4. The van der Waals surface area contributed by atoms with Crippen LogP contribution in [0.5, 0.6) is 0 Å². The number of amidine groups is 1. The average molecular weight is 283 g/mol. The highest BCUT2D eigenvalue weighted by Gasteiger charge is 2.35. The number of nitrogens with zero attached hydrogens (tertiary/aromatic N) is 2. The van der Waals surface area contributed by atoms with Crippen LogP contribution in [0.3, 0.4) is 0 Å². The van der Waals surface area contributed by atoms with Gasteiger partial charge in [0.1, 0.15) is 11.9 Å². The number of nitrogens with two attached hydrogens (primary N) is 1. The van der Waals surface area contributed by atoms with Gasteiger partial charge in [-0.25, -0.2) is 4.79 Å². The molecule has 0 radical (unpaired) electrons. The predicted molar refractivity (Wildman–Crippen MR) is 68.1 cm³/mol. The minimum absolute atomic E-state index is 0.0663. The maximum Gasteiger partial charge on any atom is 0.416 e. The van der Waals surface area contributed by atoms with Crippen LogP contribution in [0.4, 0.5) is 18.0 Å². The summed E-state index contributed by atoms with van der Waals surface area (Å²) in [5, 5.41) is 0. The molecular weight excluding hydrogens is 271 g/mol. The first-order chi connectivity index (χ1) is 9.34. The molecule has 7 heteroatoms. The summed E-state index contributed by atoms with van der Waals surface area (Å²) in [6.07, 6.45) is -2.90. The molecule has 0 aromatic heterocycles. The molecule has 2 amide bonds. The van der Waals surface area contributed by atoms with E-state index in [0.29, 0.717) is 5.56 Å². The lowest BCUT2D eigenvalue weighted by molar-refractivity contribution is -0.137. The Morgan fingerprint density at radius 1 is 1.35 bits per heavy atom. The van der Waals surface area contributed by atoms with E-state index in [1.165, 1.54) is 23.1 Å². The van der Waals surface area contributed by atoms with E-state index < -0.39 is 23.8 Å². The van der Waals surface area contributed by atoms with E-state index in [2.05, 4.69) is 11.6 Å². The summed E-state index contributed by atoms with van der Waals surface area (Å²) < 4.78 is 37.5. The minimum atomic E-state index is -4.40. The van der Waals surface area contributed by atoms with Crippen LogP contribution in [0.2, 0.25) is 0 Å². The van der Waals surface area contributed by atoms with E-state index in [-0.39, 0.29) is 12.4 Å². The third kappa shape index (κ3) is 2.52. The van der Waals surface area contributed by atoms with Gasteiger partial charge in [-0.1, -0.05) is 18.2 Å². The van der Waals surface area contributed by atoms with Crippen molar-refractivity contribution < 1.29 is 18.0 Å². The third-order valence-electron chi connectivity index (χ3n) is 2.94. The van der Waals surface area contributed by atoms with E-state index in [4.69, 9.17) is 5.73 Å². The Bertz CT molecular complexity index is 563. The number of aliphatic imine (C=N–C) groups is 1. The second-order valence-electron chi connectivity index (χ2n) is 4.28. The highest BCUT2D eigenvalue weighted by molar-refractivity contribution is 6.03. The van der Waals surface area contributed by atoms with Crippen molar-refractivity contribution in [1.29, 1.82) is 0 Å². The molecule has 1 aromatic rings. The van der Waals surface area contributed by atoms with Gasteiger partial charge in [-0.3, -0.25) is 0 Å². The van der Waals surface area contributed by atoms with Crippen molar-refractivity contribution in [1.82, 2.24) is 4.90 Å². The summed E-state index contributed by atoms with van der Waals surface area (Å²) in [5.74, 6) is 0.0663. The molecule has 20 heavy (non-hydrogen) atoms. The van der Waals surface area contributed by atoms with Gasteiger partial charge in [-0.15, -0.1) is 6.58 Å². The summed E-state index contributed by atoms with van der Waals surface area (Å²) in [6, 6.07) is 3.33. The van der Waals surface area contributed by atoms with Crippen LogP contribution in [0.1, 0.15) is 17.2 Å². The molecule has 1 aliphatic heterocycles. The SMILES string of the molecule is C=CCN1C(=O)N=C(N)C1c1ccc(C(F)(F)F)cc1. The quantitative estimate of drug-likeness (QED) is 0.867. The lowest BCUT2D eigenvalue weighted by Crippen LogP contribution is -2.33. The molecular formula is C13H12F3N3O. The van der Waals surface area contributed by atoms with Gasteiger partial charge in [0.05, 0.1) is 5.56 Å². The molecule has 2 rings (SSSR count). The van der Waals surface area contributed by atoms with Crippen molar-refractivity contribution in [2.24, 2.45) is 10.7 Å². The predicted octanol–water partition coefficient (Wildman–Crippen LogP) is 2.73. The van der Waals surface area contributed by atoms with E-state index >= 15 is 0 Å². The summed E-state index contributed by atoms with van der Waals surface area (Å²) in [4.78, 5) is 16.6. The summed E-state index contributed by atoms with van der Waals surface area (Å²) in [6.45, 7) is 3.74. The number of halogens is 3. The normalized spacial score (nSPS) is 19.1. The van der Waals surface area contributed by atoms with Crippen LogP contribution in [0.15, 0.2) is 41.9 Å². The Hall–Kier alpha value is -2.31. The highest BCUT2D eigenvalue weighted by atomic mass is 19.4. The van der Waals surface area contributed by atoms with Gasteiger partial charge in [0.15, 0.2) is 0 Å². The Morgan fingerprint density at radius 3 is 2.45 bits per heavy atom. The number of urea groups is 1. The first-order valence-electron chi connectivity index (χ1n) is 5.77. The number of carbonyl (C=O) groups is 1. The van der Waals surface area contributed by atoms with Crippen LogP contribution in [-0.4, -0.2) is 23.3 Å². The van der Waals surface area contributed by atoms with E-state index in [1.807, 2.05) is 0 Å². The van der Waals surface area contributed by atoms with Crippen molar-refractivity contribution in [3.05, 3.63) is 48.0 Å².